The van der Waals surface area contributed by atoms with Gasteiger partial charge in [-0.2, -0.15) is 0 Å². The summed E-state index contributed by atoms with van der Waals surface area (Å²) in [5, 5.41) is 0. The topological polar surface area (TPSA) is 85.7 Å². The summed E-state index contributed by atoms with van der Waals surface area (Å²) in [6.45, 7) is 19.5. The van der Waals surface area contributed by atoms with Crippen LogP contribution in [0.5, 0.6) is 11.5 Å². The Morgan fingerprint density at radius 1 is 0.833 bits per heavy atom. The average Bonchev–Trinajstić information content (AvgIpc) is 2.72. The van der Waals surface area contributed by atoms with Crippen molar-refractivity contribution in [3.8, 4) is 11.5 Å². The van der Waals surface area contributed by atoms with E-state index in [2.05, 4.69) is 53.8 Å². The summed E-state index contributed by atoms with van der Waals surface area (Å²) in [6, 6.07) is 6.60. The zero-order valence-electron chi connectivity index (χ0n) is 19.2. The van der Waals surface area contributed by atoms with Crippen LogP contribution in [0.1, 0.15) is 34.6 Å². The third-order valence-electron chi connectivity index (χ3n) is 5.36. The van der Waals surface area contributed by atoms with E-state index in [0.29, 0.717) is 12.4 Å². The van der Waals surface area contributed by atoms with Crippen molar-refractivity contribution in [3.05, 3.63) is 24.3 Å². The molecule has 9 heteroatoms. The number of hydrogen-bond acceptors (Lipinski definition) is 6. The average molecular weight is 446 g/mol. The first kappa shape index (κ1) is 26.9. The van der Waals surface area contributed by atoms with E-state index in [4.69, 9.17) is 14.5 Å². The molecule has 0 aliphatic carbocycles. The van der Waals surface area contributed by atoms with Gasteiger partial charge < -0.3 is 19.1 Å². The smallest absolute Gasteiger partial charge is 0.492 e. The number of rotatable bonds is 16. The van der Waals surface area contributed by atoms with Crippen molar-refractivity contribution >= 4 is 7.82 Å². The third-order valence-corrected chi connectivity index (χ3v) is 5.81. The van der Waals surface area contributed by atoms with Crippen LogP contribution in [0.2, 0.25) is 0 Å². The van der Waals surface area contributed by atoms with E-state index < -0.39 is 7.82 Å². The van der Waals surface area contributed by atoms with Gasteiger partial charge in [0.15, 0.2) is 0 Å². The van der Waals surface area contributed by atoms with Crippen LogP contribution < -0.4 is 9.26 Å². The molecule has 174 valence electrons. The first-order chi connectivity index (χ1) is 14.3. The lowest BCUT2D eigenvalue weighted by Crippen LogP contribution is -2.48. The highest BCUT2D eigenvalue weighted by Gasteiger charge is 2.20. The lowest BCUT2D eigenvalue weighted by Gasteiger charge is -2.34. The molecule has 0 aliphatic heterocycles. The predicted octanol–water partition coefficient (Wildman–Crippen LogP) is 2.91. The number of benzene rings is 1. The molecule has 1 atom stereocenters. The van der Waals surface area contributed by atoms with Gasteiger partial charge in [0.1, 0.15) is 18.1 Å². The van der Waals surface area contributed by atoms with Crippen molar-refractivity contribution in [2.45, 2.75) is 40.7 Å². The largest absolute Gasteiger partial charge is 0.524 e. The summed E-state index contributed by atoms with van der Waals surface area (Å²) in [7, 11) is -4.55. The Bertz CT molecular complexity index is 618. The van der Waals surface area contributed by atoms with Crippen LogP contribution in [0.3, 0.4) is 0 Å². The molecule has 0 bridgehead atoms. The quantitative estimate of drug-likeness (QED) is 0.376. The van der Waals surface area contributed by atoms with E-state index in [1.165, 1.54) is 12.1 Å². The SMILES string of the molecule is CCN(CC)CCN(CC)C[C@H](COc1ccc(OP(=O)(O)O)cc1)N(CC)CC. The van der Waals surface area contributed by atoms with Gasteiger partial charge >= 0.3 is 7.82 Å². The van der Waals surface area contributed by atoms with Crippen molar-refractivity contribution in [2.75, 3.05) is 59.0 Å². The summed E-state index contributed by atoms with van der Waals surface area (Å²) in [5.74, 6) is 0.765. The molecule has 8 nitrogen and oxygen atoms in total. The van der Waals surface area contributed by atoms with E-state index in [-0.39, 0.29) is 11.8 Å². The molecule has 1 aromatic carbocycles. The standard InChI is InChI=1S/C21H40N3O5P/c1-6-22(7-2)15-16-23(8-3)17-19(24(9-4)10-5)18-28-20-11-13-21(14-12-20)29-30(25,26)27/h11-14,19H,6-10,15-18H2,1-5H3,(H2,25,26,27)/t19-/m1/s1. The van der Waals surface area contributed by atoms with E-state index in [9.17, 15) is 4.57 Å². The Morgan fingerprint density at radius 3 is 1.80 bits per heavy atom. The Morgan fingerprint density at radius 2 is 1.33 bits per heavy atom. The molecular weight excluding hydrogens is 405 g/mol. The minimum absolute atomic E-state index is 0.115. The Kier molecular flexibility index (Phi) is 12.6. The first-order valence-corrected chi connectivity index (χ1v) is 12.5. The van der Waals surface area contributed by atoms with Crippen molar-refractivity contribution in [1.82, 2.24) is 14.7 Å². The highest BCUT2D eigenvalue weighted by molar-refractivity contribution is 7.46. The van der Waals surface area contributed by atoms with Gasteiger partial charge in [0, 0.05) is 19.6 Å². The third kappa shape index (κ3) is 10.2. The van der Waals surface area contributed by atoms with Gasteiger partial charge in [-0.25, -0.2) is 4.57 Å². The summed E-state index contributed by atoms with van der Waals surface area (Å²) in [6.07, 6.45) is 0. The lowest BCUT2D eigenvalue weighted by atomic mass is 10.2. The second-order valence-electron chi connectivity index (χ2n) is 7.16. The molecule has 30 heavy (non-hydrogen) atoms. The number of ether oxygens (including phenoxy) is 1. The van der Waals surface area contributed by atoms with E-state index >= 15 is 0 Å². The highest BCUT2D eigenvalue weighted by Crippen LogP contribution is 2.37. The van der Waals surface area contributed by atoms with Crippen LogP contribution in [-0.2, 0) is 4.57 Å². The van der Waals surface area contributed by atoms with Crippen molar-refractivity contribution in [1.29, 1.82) is 0 Å². The second-order valence-corrected chi connectivity index (χ2v) is 8.32. The zero-order chi connectivity index (χ0) is 22.6. The fraction of sp³-hybridized carbons (Fsp3) is 0.714. The van der Waals surface area contributed by atoms with Crippen molar-refractivity contribution < 1.29 is 23.6 Å². The van der Waals surface area contributed by atoms with Gasteiger partial charge in [0.25, 0.3) is 0 Å². The number of nitrogens with zero attached hydrogens (tertiary/aromatic N) is 3. The maximum atomic E-state index is 10.9. The van der Waals surface area contributed by atoms with Crippen LogP contribution in [0.25, 0.3) is 0 Å². The molecule has 0 saturated carbocycles. The molecule has 0 aromatic heterocycles. The van der Waals surface area contributed by atoms with Gasteiger partial charge in [-0.05, 0) is 57.0 Å². The van der Waals surface area contributed by atoms with Crippen LogP contribution in [-0.4, -0.2) is 89.5 Å². The van der Waals surface area contributed by atoms with Gasteiger partial charge in [0.05, 0.1) is 6.04 Å². The molecule has 0 amide bonds. The van der Waals surface area contributed by atoms with Gasteiger partial charge in [-0.1, -0.05) is 34.6 Å². The number of phosphoric acid groups is 1. The summed E-state index contributed by atoms with van der Waals surface area (Å²) in [5.41, 5.74) is 0. The second kappa shape index (κ2) is 14.0. The van der Waals surface area contributed by atoms with E-state index in [0.717, 1.165) is 52.4 Å². The molecule has 1 aromatic rings. The molecule has 0 saturated heterocycles. The minimum atomic E-state index is -4.55. The van der Waals surface area contributed by atoms with Gasteiger partial charge in [0.2, 0.25) is 0 Å². The zero-order valence-corrected chi connectivity index (χ0v) is 20.1. The Labute approximate surface area is 182 Å². The van der Waals surface area contributed by atoms with Crippen LogP contribution in [0.4, 0.5) is 0 Å². The van der Waals surface area contributed by atoms with Crippen molar-refractivity contribution in [3.63, 3.8) is 0 Å². The normalized spacial score (nSPS) is 13.3. The molecule has 0 radical (unpaired) electrons. The lowest BCUT2D eigenvalue weighted by molar-refractivity contribution is 0.100. The van der Waals surface area contributed by atoms with Gasteiger partial charge in [-0.15, -0.1) is 0 Å². The first-order valence-electron chi connectivity index (χ1n) is 10.9. The summed E-state index contributed by atoms with van der Waals surface area (Å²) in [4.78, 5) is 25.1. The van der Waals surface area contributed by atoms with E-state index in [1.807, 2.05) is 0 Å². The summed E-state index contributed by atoms with van der Waals surface area (Å²) >= 11 is 0. The number of likely N-dealkylation sites (N-methyl/N-ethyl adjacent to an activating group) is 3. The number of hydrogen-bond donors (Lipinski definition) is 2. The minimum Gasteiger partial charge on any atom is -0.492 e. The molecule has 1 rings (SSSR count). The fourth-order valence-electron chi connectivity index (χ4n) is 3.44. The molecule has 0 aliphatic rings. The van der Waals surface area contributed by atoms with Gasteiger partial charge in [-0.3, -0.25) is 14.7 Å². The Hall–Kier alpha value is -1.15. The number of phosphoric ester groups is 1. The van der Waals surface area contributed by atoms with Crippen molar-refractivity contribution in [2.24, 2.45) is 0 Å². The Balaban J connectivity index is 2.72. The van der Waals surface area contributed by atoms with Crippen LogP contribution >= 0.6 is 7.82 Å². The molecule has 0 heterocycles. The van der Waals surface area contributed by atoms with E-state index in [1.54, 1.807) is 12.1 Å². The summed E-state index contributed by atoms with van der Waals surface area (Å²) < 4.78 is 21.5. The molecular formula is C21H40N3O5P. The maximum absolute atomic E-state index is 10.9. The molecule has 0 spiro atoms. The molecule has 2 N–H and O–H groups in total. The molecule has 0 fully saturated rings. The predicted molar refractivity (Wildman–Crippen MR) is 121 cm³/mol. The molecule has 0 unspecified atom stereocenters. The maximum Gasteiger partial charge on any atom is 0.524 e. The monoisotopic (exact) mass is 445 g/mol. The van der Waals surface area contributed by atoms with Crippen LogP contribution in [0.15, 0.2) is 24.3 Å². The highest BCUT2D eigenvalue weighted by atomic mass is 31.2. The van der Waals surface area contributed by atoms with Crippen LogP contribution in [0, 0.1) is 0 Å². The fourth-order valence-corrected chi connectivity index (χ4v) is 3.84.